The van der Waals surface area contributed by atoms with E-state index in [9.17, 15) is 0 Å². The van der Waals surface area contributed by atoms with Crippen molar-refractivity contribution in [1.29, 1.82) is 0 Å². The van der Waals surface area contributed by atoms with Gasteiger partial charge in [-0.1, -0.05) is 6.42 Å². The fraction of sp³-hybridized carbons (Fsp3) is 0.750. The lowest BCUT2D eigenvalue weighted by molar-refractivity contribution is 0.0398. The second-order valence-corrected chi connectivity index (χ2v) is 6.20. The number of hydrogen-bond acceptors (Lipinski definition) is 7. The van der Waals surface area contributed by atoms with Crippen LogP contribution in [0.4, 0.5) is 11.5 Å². The van der Waals surface area contributed by atoms with Crippen LogP contribution in [0.2, 0.25) is 0 Å². The number of rotatable bonds is 6. The predicted octanol–water partition coefficient (Wildman–Crippen LogP) is 1.51. The van der Waals surface area contributed by atoms with E-state index in [1.165, 1.54) is 25.6 Å². The number of nitrogens with two attached hydrogens (primary N) is 1. The maximum Gasteiger partial charge on any atom is 0.242 e. The molecule has 0 aromatic carbocycles. The smallest absolute Gasteiger partial charge is 0.242 e. The summed E-state index contributed by atoms with van der Waals surface area (Å²) in [6, 6.07) is 0. The Balaban J connectivity index is 1.51. The van der Waals surface area contributed by atoms with Gasteiger partial charge in [0.15, 0.2) is 5.82 Å². The zero-order chi connectivity index (χ0) is 15.9. The molecule has 2 fully saturated rings. The van der Waals surface area contributed by atoms with Crippen LogP contribution in [-0.4, -0.2) is 60.4 Å². The number of nitrogen functional groups attached to an aromatic ring is 1. The summed E-state index contributed by atoms with van der Waals surface area (Å²) >= 11 is 0. The highest BCUT2D eigenvalue weighted by Gasteiger charge is 2.18. The first-order chi connectivity index (χ1) is 11.3. The molecule has 1 aliphatic heterocycles. The second-order valence-electron chi connectivity index (χ2n) is 6.20. The lowest BCUT2D eigenvalue weighted by Gasteiger charge is -2.26. The molecule has 0 spiro atoms. The van der Waals surface area contributed by atoms with E-state index in [0.29, 0.717) is 17.4 Å². The van der Waals surface area contributed by atoms with Gasteiger partial charge >= 0.3 is 0 Å². The minimum Gasteiger partial charge on any atom is -0.473 e. The van der Waals surface area contributed by atoms with E-state index >= 15 is 0 Å². The van der Waals surface area contributed by atoms with Gasteiger partial charge in [0, 0.05) is 26.2 Å². The molecule has 2 heterocycles. The maximum absolute atomic E-state index is 6.17. The second kappa shape index (κ2) is 8.31. The maximum atomic E-state index is 6.17. The fourth-order valence-corrected chi connectivity index (χ4v) is 3.11. The van der Waals surface area contributed by atoms with Crippen molar-refractivity contribution in [2.24, 2.45) is 0 Å². The van der Waals surface area contributed by atoms with Crippen molar-refractivity contribution in [3.8, 4) is 5.88 Å². The quantitative estimate of drug-likeness (QED) is 0.821. The van der Waals surface area contributed by atoms with Gasteiger partial charge in [-0.05, 0) is 25.7 Å². The topological polar surface area (TPSA) is 85.5 Å². The van der Waals surface area contributed by atoms with E-state index in [1.807, 2.05) is 0 Å². The molecular formula is C16H27N5O2. The van der Waals surface area contributed by atoms with Crippen LogP contribution in [0, 0.1) is 0 Å². The van der Waals surface area contributed by atoms with E-state index in [2.05, 4.69) is 20.2 Å². The van der Waals surface area contributed by atoms with Crippen molar-refractivity contribution < 1.29 is 9.47 Å². The Bertz CT molecular complexity index is 487. The highest BCUT2D eigenvalue weighted by molar-refractivity contribution is 5.66. The fourth-order valence-electron chi connectivity index (χ4n) is 3.11. The van der Waals surface area contributed by atoms with Crippen LogP contribution in [0.15, 0.2) is 6.33 Å². The molecule has 128 valence electrons. The van der Waals surface area contributed by atoms with Gasteiger partial charge in [-0.2, -0.15) is 4.98 Å². The molecule has 0 bridgehead atoms. The van der Waals surface area contributed by atoms with Crippen molar-refractivity contribution in [2.75, 3.05) is 50.4 Å². The van der Waals surface area contributed by atoms with Gasteiger partial charge in [-0.3, -0.25) is 4.90 Å². The van der Waals surface area contributed by atoms with Crippen molar-refractivity contribution in [1.82, 2.24) is 14.9 Å². The zero-order valence-corrected chi connectivity index (χ0v) is 13.7. The summed E-state index contributed by atoms with van der Waals surface area (Å²) in [5, 5.41) is 3.30. The molecule has 1 aliphatic carbocycles. The van der Waals surface area contributed by atoms with E-state index in [0.717, 1.165) is 52.2 Å². The summed E-state index contributed by atoms with van der Waals surface area (Å²) in [6.45, 7) is 5.34. The van der Waals surface area contributed by atoms with Gasteiger partial charge in [0.05, 0.1) is 13.2 Å². The first kappa shape index (κ1) is 16.3. The van der Waals surface area contributed by atoms with E-state index < -0.39 is 0 Å². The molecule has 7 nitrogen and oxygen atoms in total. The number of nitrogens with zero attached hydrogens (tertiary/aromatic N) is 3. The first-order valence-corrected chi connectivity index (χ1v) is 8.64. The molecule has 0 unspecified atom stereocenters. The van der Waals surface area contributed by atoms with Crippen molar-refractivity contribution in [3.05, 3.63) is 6.33 Å². The third-order valence-electron chi connectivity index (χ3n) is 4.50. The van der Waals surface area contributed by atoms with Crippen molar-refractivity contribution >= 4 is 11.5 Å². The highest BCUT2D eigenvalue weighted by Crippen LogP contribution is 2.28. The summed E-state index contributed by atoms with van der Waals surface area (Å²) in [7, 11) is 0. The van der Waals surface area contributed by atoms with Gasteiger partial charge in [-0.25, -0.2) is 4.98 Å². The molecule has 23 heavy (non-hydrogen) atoms. The van der Waals surface area contributed by atoms with Crippen LogP contribution in [0.5, 0.6) is 5.88 Å². The molecule has 0 radical (unpaired) electrons. The number of anilines is 2. The average molecular weight is 321 g/mol. The molecule has 1 aromatic rings. The number of nitrogens with one attached hydrogen (secondary N) is 1. The predicted molar refractivity (Wildman–Crippen MR) is 89.7 cm³/mol. The molecule has 1 saturated carbocycles. The Morgan fingerprint density at radius 1 is 1.22 bits per heavy atom. The number of aromatic nitrogens is 2. The minimum absolute atomic E-state index is 0.238. The molecular weight excluding hydrogens is 294 g/mol. The van der Waals surface area contributed by atoms with E-state index in [4.69, 9.17) is 15.2 Å². The Morgan fingerprint density at radius 3 is 2.78 bits per heavy atom. The minimum atomic E-state index is 0.238. The Kier molecular flexibility index (Phi) is 5.87. The standard InChI is InChI=1S/C16H27N5O2/c17-14-15(18-6-7-21-8-10-22-11-9-21)19-12-20-16(14)23-13-4-2-1-3-5-13/h12-13H,1-11,17H2,(H,18,19,20). The number of ether oxygens (including phenoxy) is 2. The van der Waals surface area contributed by atoms with Gasteiger partial charge in [0.25, 0.3) is 0 Å². The van der Waals surface area contributed by atoms with Crippen LogP contribution in [0.25, 0.3) is 0 Å². The molecule has 3 N–H and O–H groups in total. The zero-order valence-electron chi connectivity index (χ0n) is 13.7. The molecule has 3 rings (SSSR count). The normalized spacial score (nSPS) is 20.3. The van der Waals surface area contributed by atoms with Crippen LogP contribution >= 0.6 is 0 Å². The SMILES string of the molecule is Nc1c(NCCN2CCOCC2)ncnc1OC1CCCCC1. The van der Waals surface area contributed by atoms with Crippen LogP contribution < -0.4 is 15.8 Å². The monoisotopic (exact) mass is 321 g/mol. The number of morpholine rings is 1. The summed E-state index contributed by atoms with van der Waals surface area (Å²) < 4.78 is 11.3. The number of hydrogen-bond donors (Lipinski definition) is 2. The molecule has 0 atom stereocenters. The van der Waals surface area contributed by atoms with Gasteiger partial charge in [0.2, 0.25) is 5.88 Å². The first-order valence-electron chi connectivity index (χ1n) is 8.64. The Morgan fingerprint density at radius 2 is 2.00 bits per heavy atom. The van der Waals surface area contributed by atoms with Crippen molar-refractivity contribution in [3.63, 3.8) is 0 Å². The summed E-state index contributed by atoms with van der Waals surface area (Å²) in [4.78, 5) is 10.8. The molecule has 0 amide bonds. The molecule has 2 aliphatic rings. The molecule has 1 saturated heterocycles. The van der Waals surface area contributed by atoms with E-state index in [1.54, 1.807) is 0 Å². The average Bonchev–Trinajstić information content (AvgIpc) is 2.60. The largest absolute Gasteiger partial charge is 0.473 e. The van der Waals surface area contributed by atoms with Crippen LogP contribution in [-0.2, 0) is 4.74 Å². The van der Waals surface area contributed by atoms with Gasteiger partial charge in [-0.15, -0.1) is 0 Å². The van der Waals surface area contributed by atoms with Crippen LogP contribution in [0.3, 0.4) is 0 Å². The molecule has 1 aromatic heterocycles. The third kappa shape index (κ3) is 4.68. The van der Waals surface area contributed by atoms with Crippen LogP contribution in [0.1, 0.15) is 32.1 Å². The Labute approximate surface area is 137 Å². The van der Waals surface area contributed by atoms with Crippen molar-refractivity contribution in [2.45, 2.75) is 38.2 Å². The lowest BCUT2D eigenvalue weighted by Crippen LogP contribution is -2.39. The summed E-state index contributed by atoms with van der Waals surface area (Å²) in [5.41, 5.74) is 6.69. The van der Waals surface area contributed by atoms with Gasteiger partial charge < -0.3 is 20.5 Å². The Hall–Kier alpha value is -1.60. The van der Waals surface area contributed by atoms with E-state index in [-0.39, 0.29) is 6.10 Å². The summed E-state index contributed by atoms with van der Waals surface area (Å²) in [6.07, 6.45) is 7.67. The third-order valence-corrected chi connectivity index (χ3v) is 4.50. The summed E-state index contributed by atoms with van der Waals surface area (Å²) in [5.74, 6) is 1.18. The molecule has 7 heteroatoms. The lowest BCUT2D eigenvalue weighted by atomic mass is 9.98. The highest BCUT2D eigenvalue weighted by atomic mass is 16.5. The van der Waals surface area contributed by atoms with Gasteiger partial charge in [0.1, 0.15) is 18.1 Å².